The Kier molecular flexibility index (Phi) is 8.05. The van der Waals surface area contributed by atoms with Crippen molar-refractivity contribution in [2.24, 2.45) is 5.92 Å². The molecule has 3 aromatic carbocycles. The maximum atomic E-state index is 14.3. The standard InChI is InChI=1S/C32H36N4O4/c1-3-33(20-24-16-14-23(2)15-17-24)31(39)34-21-25-18-19-28(34)22-35(29(25)30(37)38)32(40)36(26-10-6-4-7-11-26)27-12-8-5-9-13-27/h4-17,25,28-29H,3,18-22H2,1-2H3,(H,37,38)/t25?,28-,29-/m0/s1. The first-order valence-corrected chi connectivity index (χ1v) is 13.9. The largest absolute Gasteiger partial charge is 0.480 e. The number of carboxylic acids is 1. The Labute approximate surface area is 235 Å². The fourth-order valence-corrected chi connectivity index (χ4v) is 5.93. The summed E-state index contributed by atoms with van der Waals surface area (Å²) in [7, 11) is 0. The van der Waals surface area contributed by atoms with Gasteiger partial charge in [-0.2, -0.15) is 0 Å². The summed E-state index contributed by atoms with van der Waals surface area (Å²) in [5, 5.41) is 10.4. The molecule has 40 heavy (non-hydrogen) atoms. The number of piperidine rings is 1. The van der Waals surface area contributed by atoms with Gasteiger partial charge in [-0.3, -0.25) is 4.90 Å². The number of carbonyl (C=O) groups excluding carboxylic acids is 2. The van der Waals surface area contributed by atoms with Gasteiger partial charge in [-0.05, 0) is 56.5 Å². The van der Waals surface area contributed by atoms with Gasteiger partial charge in [-0.15, -0.1) is 0 Å². The second kappa shape index (κ2) is 11.8. The number of carboxylic acid groups (broad SMARTS) is 1. The van der Waals surface area contributed by atoms with Crippen molar-refractivity contribution in [1.82, 2.24) is 14.7 Å². The molecule has 0 saturated carbocycles. The van der Waals surface area contributed by atoms with Gasteiger partial charge in [-0.1, -0.05) is 66.2 Å². The Morgan fingerprint density at radius 3 is 1.95 bits per heavy atom. The van der Waals surface area contributed by atoms with Crippen molar-refractivity contribution in [2.75, 3.05) is 24.5 Å². The van der Waals surface area contributed by atoms with Gasteiger partial charge in [0.1, 0.15) is 6.04 Å². The van der Waals surface area contributed by atoms with Crippen molar-refractivity contribution in [2.45, 2.75) is 45.3 Å². The predicted molar refractivity (Wildman–Crippen MR) is 154 cm³/mol. The first-order chi connectivity index (χ1) is 19.4. The van der Waals surface area contributed by atoms with Crippen LogP contribution in [0.2, 0.25) is 0 Å². The smallest absolute Gasteiger partial charge is 0.329 e. The zero-order valence-electron chi connectivity index (χ0n) is 23.0. The number of aryl methyl sites for hydroxylation is 1. The Hall–Kier alpha value is -4.33. The molecule has 3 aromatic rings. The van der Waals surface area contributed by atoms with Gasteiger partial charge in [0.15, 0.2) is 0 Å². The van der Waals surface area contributed by atoms with E-state index in [2.05, 4.69) is 0 Å². The highest BCUT2D eigenvalue weighted by atomic mass is 16.4. The lowest BCUT2D eigenvalue weighted by atomic mass is 9.90. The van der Waals surface area contributed by atoms with E-state index in [0.29, 0.717) is 43.9 Å². The number of hydrogen-bond donors (Lipinski definition) is 1. The van der Waals surface area contributed by atoms with Crippen LogP contribution < -0.4 is 4.90 Å². The van der Waals surface area contributed by atoms with Crippen LogP contribution in [0, 0.1) is 12.8 Å². The van der Waals surface area contributed by atoms with Crippen molar-refractivity contribution < 1.29 is 19.5 Å². The third-order valence-corrected chi connectivity index (χ3v) is 8.04. The minimum absolute atomic E-state index is 0.112. The zero-order valence-corrected chi connectivity index (χ0v) is 23.0. The fraction of sp³-hybridized carbons (Fsp3) is 0.344. The third kappa shape index (κ3) is 5.52. The predicted octanol–water partition coefficient (Wildman–Crippen LogP) is 5.74. The summed E-state index contributed by atoms with van der Waals surface area (Å²) in [4.78, 5) is 47.5. The van der Waals surface area contributed by atoms with E-state index in [1.165, 1.54) is 4.90 Å². The first-order valence-electron chi connectivity index (χ1n) is 13.9. The third-order valence-electron chi connectivity index (χ3n) is 8.04. The molecule has 6 rings (SSSR count). The van der Waals surface area contributed by atoms with Crippen LogP contribution in [0.4, 0.5) is 21.0 Å². The number of anilines is 2. The topological polar surface area (TPSA) is 84.4 Å². The summed E-state index contributed by atoms with van der Waals surface area (Å²) in [6.45, 7) is 5.46. The fourth-order valence-electron chi connectivity index (χ4n) is 5.93. The van der Waals surface area contributed by atoms with E-state index in [1.807, 2.05) is 104 Å². The molecule has 8 nitrogen and oxygen atoms in total. The number of rotatable bonds is 6. The molecule has 3 aliphatic rings. The number of amides is 4. The lowest BCUT2D eigenvalue weighted by molar-refractivity contribution is -0.143. The minimum Gasteiger partial charge on any atom is -0.480 e. The average Bonchev–Trinajstić information content (AvgIpc) is 3.27. The van der Waals surface area contributed by atoms with Crippen LogP contribution in [-0.4, -0.2) is 69.6 Å². The van der Waals surface area contributed by atoms with Gasteiger partial charge in [0, 0.05) is 32.1 Å². The van der Waals surface area contributed by atoms with Crippen molar-refractivity contribution in [3.05, 3.63) is 96.1 Å². The number of fused-ring (bicyclic) bond motifs is 4. The van der Waals surface area contributed by atoms with Crippen LogP contribution in [0.15, 0.2) is 84.9 Å². The van der Waals surface area contributed by atoms with E-state index in [0.717, 1.165) is 11.1 Å². The molecule has 3 aliphatic heterocycles. The first kappa shape index (κ1) is 27.2. The molecule has 3 heterocycles. The summed E-state index contributed by atoms with van der Waals surface area (Å²) in [5.74, 6) is -1.41. The van der Waals surface area contributed by atoms with E-state index in [4.69, 9.17) is 0 Å². The molecule has 1 unspecified atom stereocenters. The molecule has 3 fully saturated rings. The number of hydrogen-bond acceptors (Lipinski definition) is 3. The Bertz CT molecular complexity index is 1290. The normalized spacial score (nSPS) is 20.1. The number of para-hydroxylation sites is 2. The molecule has 3 atom stereocenters. The lowest BCUT2D eigenvalue weighted by Crippen LogP contribution is -2.53. The van der Waals surface area contributed by atoms with E-state index in [-0.39, 0.29) is 24.5 Å². The second-order valence-corrected chi connectivity index (χ2v) is 10.7. The summed E-state index contributed by atoms with van der Waals surface area (Å²) in [6, 6.07) is 24.9. The van der Waals surface area contributed by atoms with Crippen molar-refractivity contribution in [1.29, 1.82) is 0 Å². The molecular weight excluding hydrogens is 504 g/mol. The molecule has 0 aliphatic carbocycles. The quantitative estimate of drug-likeness (QED) is 0.432. The number of benzene rings is 3. The molecule has 0 aromatic heterocycles. The van der Waals surface area contributed by atoms with Gasteiger partial charge in [0.05, 0.1) is 17.4 Å². The van der Waals surface area contributed by atoms with Gasteiger partial charge >= 0.3 is 18.0 Å². The molecule has 1 N–H and O–H groups in total. The zero-order chi connectivity index (χ0) is 28.2. The summed E-state index contributed by atoms with van der Waals surface area (Å²) in [6.07, 6.45) is 1.30. The molecule has 0 radical (unpaired) electrons. The van der Waals surface area contributed by atoms with Gasteiger partial charge in [0.2, 0.25) is 0 Å². The summed E-state index contributed by atoms with van der Waals surface area (Å²) < 4.78 is 0. The second-order valence-electron chi connectivity index (χ2n) is 10.7. The van der Waals surface area contributed by atoms with Gasteiger partial charge < -0.3 is 19.8 Å². The van der Waals surface area contributed by atoms with Crippen LogP contribution in [0.1, 0.15) is 30.9 Å². The number of aliphatic carboxylic acids is 1. The van der Waals surface area contributed by atoms with Crippen LogP contribution in [0.25, 0.3) is 0 Å². The number of nitrogens with zero attached hydrogens (tertiary/aromatic N) is 4. The van der Waals surface area contributed by atoms with E-state index in [1.54, 1.807) is 9.80 Å². The number of carbonyl (C=O) groups is 3. The molecule has 3 saturated heterocycles. The van der Waals surface area contributed by atoms with Crippen molar-refractivity contribution >= 4 is 29.4 Å². The molecule has 2 bridgehead atoms. The maximum absolute atomic E-state index is 14.3. The maximum Gasteiger partial charge on any atom is 0.329 e. The van der Waals surface area contributed by atoms with Gasteiger partial charge in [-0.25, -0.2) is 14.4 Å². The van der Waals surface area contributed by atoms with E-state index >= 15 is 0 Å². The van der Waals surface area contributed by atoms with E-state index in [9.17, 15) is 19.5 Å². The number of urea groups is 2. The Morgan fingerprint density at radius 2 is 1.40 bits per heavy atom. The SMILES string of the molecule is CCN(Cc1ccc(C)cc1)C(=O)N1CC2CC[C@H]1CN(C(=O)N(c1ccccc1)c1ccccc1)[C@@H]2C(=O)O. The lowest BCUT2D eigenvalue weighted by Gasteiger charge is -2.39. The molecule has 208 valence electrons. The highest BCUT2D eigenvalue weighted by molar-refractivity contribution is 6.01. The molecule has 0 spiro atoms. The average molecular weight is 541 g/mol. The van der Waals surface area contributed by atoms with Gasteiger partial charge in [0.25, 0.3) is 0 Å². The molecule has 8 heteroatoms. The highest BCUT2D eigenvalue weighted by Crippen LogP contribution is 2.36. The van der Waals surface area contributed by atoms with Crippen molar-refractivity contribution in [3.63, 3.8) is 0 Å². The van der Waals surface area contributed by atoms with Crippen LogP contribution in [0.3, 0.4) is 0 Å². The molecular formula is C32H36N4O4. The Balaban J connectivity index is 1.45. The van der Waals surface area contributed by atoms with E-state index < -0.39 is 18.0 Å². The summed E-state index contributed by atoms with van der Waals surface area (Å²) >= 11 is 0. The monoisotopic (exact) mass is 540 g/mol. The van der Waals surface area contributed by atoms with Crippen LogP contribution in [-0.2, 0) is 11.3 Å². The van der Waals surface area contributed by atoms with Crippen LogP contribution in [0.5, 0.6) is 0 Å². The van der Waals surface area contributed by atoms with Crippen LogP contribution >= 0.6 is 0 Å². The van der Waals surface area contributed by atoms with Crippen molar-refractivity contribution in [3.8, 4) is 0 Å². The minimum atomic E-state index is -1.04. The molecule has 4 amide bonds. The Morgan fingerprint density at radius 1 is 0.800 bits per heavy atom. The summed E-state index contributed by atoms with van der Waals surface area (Å²) in [5.41, 5.74) is 3.51. The highest BCUT2D eigenvalue weighted by Gasteiger charge is 2.49.